The lowest BCUT2D eigenvalue weighted by Crippen LogP contribution is -2.15. The molecule has 0 unspecified atom stereocenters. The van der Waals surface area contributed by atoms with Crippen LogP contribution >= 0.6 is 15.9 Å². The molecule has 0 aliphatic carbocycles. The minimum absolute atomic E-state index is 0.230. The van der Waals surface area contributed by atoms with Gasteiger partial charge in [0.25, 0.3) is 0 Å². The molecule has 0 spiro atoms. The van der Waals surface area contributed by atoms with Crippen LogP contribution < -0.4 is 4.72 Å². The number of sulfonamides is 1. The maximum absolute atomic E-state index is 12.2. The lowest BCUT2D eigenvalue weighted by molar-refractivity contribution is 0.600. The minimum Gasteiger partial charge on any atom is -0.283 e. The van der Waals surface area contributed by atoms with Crippen molar-refractivity contribution in [1.82, 2.24) is 0 Å². The van der Waals surface area contributed by atoms with Gasteiger partial charge in [-0.1, -0.05) is 34.1 Å². The van der Waals surface area contributed by atoms with Crippen LogP contribution in [0, 0.1) is 18.3 Å². The minimum atomic E-state index is -3.57. The predicted molar refractivity (Wildman–Crippen MR) is 86.3 cm³/mol. The number of hydrogen-bond acceptors (Lipinski definition) is 3. The van der Waals surface area contributed by atoms with Gasteiger partial charge in [0.15, 0.2) is 0 Å². The Morgan fingerprint density at radius 2 is 1.95 bits per heavy atom. The molecule has 0 atom stereocenters. The quantitative estimate of drug-likeness (QED) is 0.901. The molecule has 2 aromatic carbocycles. The third-order valence-corrected chi connectivity index (χ3v) is 5.04. The Bertz CT molecular complexity index is 811. The number of benzene rings is 2. The van der Waals surface area contributed by atoms with Gasteiger partial charge in [-0.2, -0.15) is 5.26 Å². The standard InChI is InChI=1S/C15H13BrN2O2S/c1-11-8-14(6-7-15(11)16)18-21(19,20)10-13-5-3-2-4-12(13)9-17/h2-8,18H,10H2,1H3. The second-order valence-electron chi connectivity index (χ2n) is 4.59. The molecule has 0 saturated heterocycles. The predicted octanol–water partition coefficient (Wildman–Crippen LogP) is 3.57. The zero-order chi connectivity index (χ0) is 15.5. The monoisotopic (exact) mass is 364 g/mol. The van der Waals surface area contributed by atoms with Crippen molar-refractivity contribution in [2.24, 2.45) is 0 Å². The molecule has 2 aromatic rings. The largest absolute Gasteiger partial charge is 0.283 e. The van der Waals surface area contributed by atoms with Crippen molar-refractivity contribution >= 4 is 31.6 Å². The summed E-state index contributed by atoms with van der Waals surface area (Å²) in [6, 6.07) is 13.9. The molecule has 21 heavy (non-hydrogen) atoms. The van der Waals surface area contributed by atoms with E-state index in [-0.39, 0.29) is 5.75 Å². The first-order valence-electron chi connectivity index (χ1n) is 6.16. The fraction of sp³-hybridized carbons (Fsp3) is 0.133. The van der Waals surface area contributed by atoms with Crippen LogP contribution in [-0.2, 0) is 15.8 Å². The molecule has 0 saturated carbocycles. The van der Waals surface area contributed by atoms with Crippen LogP contribution in [-0.4, -0.2) is 8.42 Å². The van der Waals surface area contributed by atoms with Crippen LogP contribution in [0.15, 0.2) is 46.9 Å². The summed E-state index contributed by atoms with van der Waals surface area (Å²) in [5, 5.41) is 9.00. The Kier molecular flexibility index (Phi) is 4.66. The number of nitrogens with zero attached hydrogens (tertiary/aromatic N) is 1. The maximum atomic E-state index is 12.2. The van der Waals surface area contributed by atoms with E-state index in [0.29, 0.717) is 16.8 Å². The second-order valence-corrected chi connectivity index (χ2v) is 7.17. The van der Waals surface area contributed by atoms with E-state index in [0.717, 1.165) is 10.0 Å². The highest BCUT2D eigenvalue weighted by molar-refractivity contribution is 9.10. The first-order valence-corrected chi connectivity index (χ1v) is 8.60. The number of nitriles is 1. The van der Waals surface area contributed by atoms with Crippen molar-refractivity contribution < 1.29 is 8.42 Å². The van der Waals surface area contributed by atoms with Gasteiger partial charge >= 0.3 is 0 Å². The fourth-order valence-corrected chi connectivity index (χ4v) is 3.35. The van der Waals surface area contributed by atoms with Crippen LogP contribution in [0.2, 0.25) is 0 Å². The molecule has 6 heteroatoms. The van der Waals surface area contributed by atoms with Crippen molar-refractivity contribution in [2.75, 3.05) is 4.72 Å². The maximum Gasteiger partial charge on any atom is 0.236 e. The molecule has 1 N–H and O–H groups in total. The van der Waals surface area contributed by atoms with Gasteiger partial charge in [0.05, 0.1) is 17.4 Å². The van der Waals surface area contributed by atoms with Gasteiger partial charge in [0.1, 0.15) is 0 Å². The van der Waals surface area contributed by atoms with Crippen molar-refractivity contribution in [3.63, 3.8) is 0 Å². The Balaban J connectivity index is 2.23. The number of hydrogen-bond donors (Lipinski definition) is 1. The van der Waals surface area contributed by atoms with Gasteiger partial charge in [0.2, 0.25) is 10.0 Å². The van der Waals surface area contributed by atoms with Crippen molar-refractivity contribution in [1.29, 1.82) is 5.26 Å². The van der Waals surface area contributed by atoms with Crippen molar-refractivity contribution in [3.05, 3.63) is 63.6 Å². The highest BCUT2D eigenvalue weighted by Gasteiger charge is 2.14. The van der Waals surface area contributed by atoms with Crippen LogP contribution in [0.3, 0.4) is 0 Å². The summed E-state index contributed by atoms with van der Waals surface area (Å²) < 4.78 is 27.8. The topological polar surface area (TPSA) is 70.0 Å². The van der Waals surface area contributed by atoms with E-state index in [1.807, 2.05) is 13.0 Å². The number of halogens is 1. The summed E-state index contributed by atoms with van der Waals surface area (Å²) in [7, 11) is -3.57. The van der Waals surface area contributed by atoms with Gasteiger partial charge in [-0.05, 0) is 42.3 Å². The van der Waals surface area contributed by atoms with Gasteiger partial charge in [0, 0.05) is 10.2 Å². The van der Waals surface area contributed by atoms with Crippen LogP contribution in [0.5, 0.6) is 0 Å². The Morgan fingerprint density at radius 1 is 1.24 bits per heavy atom. The number of nitrogens with one attached hydrogen (secondary N) is 1. The van der Waals surface area contributed by atoms with E-state index in [2.05, 4.69) is 20.7 Å². The number of anilines is 1. The smallest absolute Gasteiger partial charge is 0.236 e. The highest BCUT2D eigenvalue weighted by Crippen LogP contribution is 2.21. The van der Waals surface area contributed by atoms with Crippen LogP contribution in [0.4, 0.5) is 5.69 Å². The fourth-order valence-electron chi connectivity index (χ4n) is 1.88. The molecule has 4 nitrogen and oxygen atoms in total. The SMILES string of the molecule is Cc1cc(NS(=O)(=O)Cc2ccccc2C#N)ccc1Br. The molecule has 0 heterocycles. The Morgan fingerprint density at radius 3 is 2.62 bits per heavy atom. The average Bonchev–Trinajstić information content (AvgIpc) is 2.43. The lowest BCUT2D eigenvalue weighted by atomic mass is 10.1. The van der Waals surface area contributed by atoms with Crippen molar-refractivity contribution in [2.45, 2.75) is 12.7 Å². The van der Waals surface area contributed by atoms with Gasteiger partial charge in [-0.3, -0.25) is 4.72 Å². The molecule has 2 rings (SSSR count). The second kappa shape index (κ2) is 6.29. The van der Waals surface area contributed by atoms with Crippen LogP contribution in [0.25, 0.3) is 0 Å². The highest BCUT2D eigenvalue weighted by atomic mass is 79.9. The lowest BCUT2D eigenvalue weighted by Gasteiger charge is -2.10. The molecule has 0 fully saturated rings. The van der Waals surface area contributed by atoms with E-state index in [1.165, 1.54) is 0 Å². The Hall–Kier alpha value is -1.84. The third kappa shape index (κ3) is 4.06. The molecule has 0 aromatic heterocycles. The number of rotatable bonds is 4. The molecular weight excluding hydrogens is 352 g/mol. The van der Waals surface area contributed by atoms with Gasteiger partial charge in [-0.15, -0.1) is 0 Å². The molecular formula is C15H13BrN2O2S. The van der Waals surface area contributed by atoms with E-state index >= 15 is 0 Å². The van der Waals surface area contributed by atoms with Gasteiger partial charge in [-0.25, -0.2) is 8.42 Å². The zero-order valence-corrected chi connectivity index (χ0v) is 13.7. The van der Waals surface area contributed by atoms with E-state index in [4.69, 9.17) is 5.26 Å². The van der Waals surface area contributed by atoms with Crippen LogP contribution in [0.1, 0.15) is 16.7 Å². The molecule has 0 amide bonds. The summed E-state index contributed by atoms with van der Waals surface area (Å²) in [5.74, 6) is -0.230. The average molecular weight is 365 g/mol. The molecule has 108 valence electrons. The van der Waals surface area contributed by atoms with Crippen molar-refractivity contribution in [3.8, 4) is 6.07 Å². The van der Waals surface area contributed by atoms with E-state index < -0.39 is 10.0 Å². The summed E-state index contributed by atoms with van der Waals surface area (Å²) >= 11 is 3.37. The summed E-state index contributed by atoms with van der Waals surface area (Å²) in [6.45, 7) is 1.88. The normalized spacial score (nSPS) is 10.9. The number of aryl methyl sites for hydroxylation is 1. The third-order valence-electron chi connectivity index (χ3n) is 2.91. The first-order chi connectivity index (χ1) is 9.91. The Labute approximate surface area is 132 Å². The molecule has 0 bridgehead atoms. The summed E-state index contributed by atoms with van der Waals surface area (Å²) in [4.78, 5) is 0. The first kappa shape index (κ1) is 15.5. The molecule has 0 radical (unpaired) electrons. The molecule has 0 aliphatic rings. The van der Waals surface area contributed by atoms with Gasteiger partial charge < -0.3 is 0 Å². The summed E-state index contributed by atoms with van der Waals surface area (Å²) in [6.07, 6.45) is 0. The zero-order valence-electron chi connectivity index (χ0n) is 11.3. The summed E-state index contributed by atoms with van der Waals surface area (Å²) in [5.41, 5.74) is 2.30. The molecule has 0 aliphatic heterocycles. The van der Waals surface area contributed by atoms with E-state index in [1.54, 1.807) is 42.5 Å². The van der Waals surface area contributed by atoms with E-state index in [9.17, 15) is 8.42 Å².